The molecule has 0 radical (unpaired) electrons. The number of hydrogen-bond acceptors (Lipinski definition) is 8. The zero-order chi connectivity index (χ0) is 13.8. The van der Waals surface area contributed by atoms with Gasteiger partial charge >= 0.3 is 0 Å². The minimum absolute atomic E-state index is 0.453. The van der Waals surface area contributed by atoms with Crippen molar-refractivity contribution >= 4 is 29.6 Å². The molecule has 3 heterocycles. The Balaban J connectivity index is 1.86. The molecule has 3 N–H and O–H groups in total. The molecule has 0 aliphatic carbocycles. The van der Waals surface area contributed by atoms with E-state index in [0.717, 1.165) is 43.8 Å². The first-order valence-corrected chi connectivity index (χ1v) is 8.32. The smallest absolute Gasteiger partial charge is 0.243 e. The van der Waals surface area contributed by atoms with Crippen molar-refractivity contribution in [1.82, 2.24) is 15.0 Å². The predicted molar refractivity (Wildman–Crippen MR) is 83.2 cm³/mol. The highest BCUT2D eigenvalue weighted by molar-refractivity contribution is 7.99. The van der Waals surface area contributed by atoms with Gasteiger partial charge in [0.15, 0.2) is 0 Å². The first kappa shape index (κ1) is 13.7. The molecule has 2 aliphatic heterocycles. The highest BCUT2D eigenvalue weighted by Gasteiger charge is 2.20. The van der Waals surface area contributed by atoms with E-state index in [1.54, 1.807) is 0 Å². The van der Waals surface area contributed by atoms with Gasteiger partial charge in [0, 0.05) is 31.9 Å². The van der Waals surface area contributed by atoms with Crippen LogP contribution in [0.15, 0.2) is 0 Å². The van der Waals surface area contributed by atoms with Crippen molar-refractivity contribution in [3.8, 4) is 0 Å². The van der Waals surface area contributed by atoms with E-state index in [1.165, 1.54) is 25.0 Å². The summed E-state index contributed by atoms with van der Waals surface area (Å²) in [5, 5.41) is 0. The molecule has 1 aromatic rings. The molecule has 2 saturated heterocycles. The fraction of sp³-hybridized carbons (Fsp3) is 0.750. The molecule has 3 rings (SSSR count). The molecule has 1 aromatic heterocycles. The van der Waals surface area contributed by atoms with Gasteiger partial charge in [0.05, 0.1) is 0 Å². The topological polar surface area (TPSA) is 83.2 Å². The Morgan fingerprint density at radius 2 is 1.50 bits per heavy atom. The molecule has 0 saturated carbocycles. The molecule has 2 aliphatic rings. The van der Waals surface area contributed by atoms with Crippen molar-refractivity contribution in [2.75, 3.05) is 52.9 Å². The molecule has 0 unspecified atom stereocenters. The van der Waals surface area contributed by atoms with E-state index in [0.29, 0.717) is 5.95 Å². The number of nitrogens with two attached hydrogens (primary N) is 1. The van der Waals surface area contributed by atoms with Crippen LogP contribution < -0.4 is 21.1 Å². The number of nitrogen functional groups attached to an aromatic ring is 1. The quantitative estimate of drug-likeness (QED) is 0.623. The van der Waals surface area contributed by atoms with Crippen LogP contribution in [0, 0.1) is 0 Å². The van der Waals surface area contributed by atoms with Crippen molar-refractivity contribution in [2.45, 2.75) is 19.3 Å². The molecule has 0 amide bonds. The van der Waals surface area contributed by atoms with Crippen molar-refractivity contribution in [3.63, 3.8) is 0 Å². The van der Waals surface area contributed by atoms with Gasteiger partial charge in [-0.05, 0) is 25.0 Å². The fourth-order valence-corrected chi connectivity index (χ4v) is 3.45. The lowest BCUT2D eigenvalue weighted by Gasteiger charge is -2.22. The Hall–Kier alpha value is -1.28. The molecule has 7 nitrogen and oxygen atoms in total. The molecule has 0 bridgehead atoms. The van der Waals surface area contributed by atoms with E-state index >= 15 is 0 Å². The Bertz CT molecular complexity index is 441. The molecular weight excluding hydrogens is 274 g/mol. The van der Waals surface area contributed by atoms with Gasteiger partial charge in [0.2, 0.25) is 17.8 Å². The maximum absolute atomic E-state index is 5.50. The van der Waals surface area contributed by atoms with Gasteiger partial charge in [-0.25, -0.2) is 5.84 Å². The van der Waals surface area contributed by atoms with Gasteiger partial charge in [-0.3, -0.25) is 5.43 Å². The number of nitrogens with zero attached hydrogens (tertiary/aromatic N) is 5. The highest BCUT2D eigenvalue weighted by atomic mass is 32.2. The van der Waals surface area contributed by atoms with Crippen LogP contribution >= 0.6 is 11.8 Å². The van der Waals surface area contributed by atoms with Crippen LogP contribution in [0.1, 0.15) is 19.3 Å². The molecule has 0 spiro atoms. The van der Waals surface area contributed by atoms with E-state index in [4.69, 9.17) is 5.84 Å². The normalized spacial score (nSPS) is 20.1. The minimum atomic E-state index is 0.453. The van der Waals surface area contributed by atoms with Crippen LogP contribution in [0.5, 0.6) is 0 Å². The lowest BCUT2D eigenvalue weighted by atomic mass is 10.4. The summed E-state index contributed by atoms with van der Waals surface area (Å²) >= 11 is 1.99. The molecular formula is C12H21N7S. The number of nitrogens with one attached hydrogen (secondary N) is 1. The van der Waals surface area contributed by atoms with Crippen LogP contribution in [0.3, 0.4) is 0 Å². The third-order valence-corrected chi connectivity index (χ3v) is 4.68. The Morgan fingerprint density at radius 3 is 2.20 bits per heavy atom. The van der Waals surface area contributed by atoms with Crippen LogP contribution in [-0.2, 0) is 0 Å². The van der Waals surface area contributed by atoms with Gasteiger partial charge in [-0.15, -0.1) is 0 Å². The van der Waals surface area contributed by atoms with Crippen LogP contribution in [-0.4, -0.2) is 52.6 Å². The Labute approximate surface area is 123 Å². The standard InChI is InChI=1S/C12H21N7S/c13-17-10-14-11(18-4-1-2-5-18)16-12(15-10)19-6-3-8-20-9-7-19/h1-9,13H2,(H,14,15,16,17). The van der Waals surface area contributed by atoms with E-state index in [2.05, 4.69) is 30.2 Å². The molecule has 2 fully saturated rings. The van der Waals surface area contributed by atoms with Crippen LogP contribution in [0.2, 0.25) is 0 Å². The minimum Gasteiger partial charge on any atom is -0.341 e. The van der Waals surface area contributed by atoms with Crippen LogP contribution in [0.25, 0.3) is 0 Å². The molecule has 8 heteroatoms. The number of rotatable bonds is 3. The predicted octanol–water partition coefficient (Wildman–Crippen LogP) is 0.701. The molecule has 110 valence electrons. The number of hydrazine groups is 1. The number of thioether (sulfide) groups is 1. The Kier molecular flexibility index (Phi) is 4.41. The molecule has 0 aromatic carbocycles. The number of aromatic nitrogens is 3. The summed E-state index contributed by atoms with van der Waals surface area (Å²) in [6.07, 6.45) is 3.57. The fourth-order valence-electron chi connectivity index (χ4n) is 2.56. The largest absolute Gasteiger partial charge is 0.341 e. The van der Waals surface area contributed by atoms with Crippen LogP contribution in [0.4, 0.5) is 17.8 Å². The second-order valence-corrected chi connectivity index (χ2v) is 6.28. The van der Waals surface area contributed by atoms with Crippen molar-refractivity contribution in [2.24, 2.45) is 5.84 Å². The number of anilines is 3. The average Bonchev–Trinajstić information content (AvgIpc) is 2.89. The monoisotopic (exact) mass is 295 g/mol. The maximum atomic E-state index is 5.50. The molecule has 20 heavy (non-hydrogen) atoms. The lowest BCUT2D eigenvalue weighted by Crippen LogP contribution is -2.30. The summed E-state index contributed by atoms with van der Waals surface area (Å²) in [5.74, 6) is 9.78. The summed E-state index contributed by atoms with van der Waals surface area (Å²) < 4.78 is 0. The second-order valence-electron chi connectivity index (χ2n) is 5.05. The maximum Gasteiger partial charge on any atom is 0.243 e. The summed E-state index contributed by atoms with van der Waals surface area (Å²) in [6.45, 7) is 4.02. The van der Waals surface area contributed by atoms with Gasteiger partial charge in [-0.2, -0.15) is 26.7 Å². The first-order chi connectivity index (χ1) is 9.86. The summed E-state index contributed by atoms with van der Waals surface area (Å²) in [6, 6.07) is 0. The highest BCUT2D eigenvalue weighted by Crippen LogP contribution is 2.21. The van der Waals surface area contributed by atoms with Crippen molar-refractivity contribution in [3.05, 3.63) is 0 Å². The SMILES string of the molecule is NNc1nc(N2CCCC2)nc(N2CCCSCC2)n1. The van der Waals surface area contributed by atoms with E-state index in [1.807, 2.05) is 11.8 Å². The third kappa shape index (κ3) is 3.06. The van der Waals surface area contributed by atoms with E-state index in [9.17, 15) is 0 Å². The third-order valence-electron chi connectivity index (χ3n) is 3.63. The van der Waals surface area contributed by atoms with Crippen molar-refractivity contribution in [1.29, 1.82) is 0 Å². The average molecular weight is 295 g/mol. The summed E-state index contributed by atoms with van der Waals surface area (Å²) in [7, 11) is 0. The van der Waals surface area contributed by atoms with E-state index in [-0.39, 0.29) is 0 Å². The summed E-state index contributed by atoms with van der Waals surface area (Å²) in [5.41, 5.74) is 2.57. The van der Waals surface area contributed by atoms with Gasteiger partial charge in [0.25, 0.3) is 0 Å². The van der Waals surface area contributed by atoms with Crippen molar-refractivity contribution < 1.29 is 0 Å². The van der Waals surface area contributed by atoms with Gasteiger partial charge in [-0.1, -0.05) is 0 Å². The lowest BCUT2D eigenvalue weighted by molar-refractivity contribution is 0.769. The van der Waals surface area contributed by atoms with E-state index < -0.39 is 0 Å². The zero-order valence-electron chi connectivity index (χ0n) is 11.6. The van der Waals surface area contributed by atoms with Gasteiger partial charge in [0.1, 0.15) is 0 Å². The number of hydrogen-bond donors (Lipinski definition) is 2. The zero-order valence-corrected chi connectivity index (χ0v) is 12.4. The Morgan fingerprint density at radius 1 is 0.850 bits per heavy atom. The first-order valence-electron chi connectivity index (χ1n) is 7.17. The van der Waals surface area contributed by atoms with Gasteiger partial charge < -0.3 is 9.80 Å². The molecule has 0 atom stereocenters. The summed E-state index contributed by atoms with van der Waals surface area (Å²) in [4.78, 5) is 17.9. The second kappa shape index (κ2) is 6.45.